The number of anilines is 1. The van der Waals surface area contributed by atoms with Crippen molar-refractivity contribution >= 4 is 21.9 Å². The Hall–Kier alpha value is -0.880. The van der Waals surface area contributed by atoms with Gasteiger partial charge >= 0.3 is 0 Å². The molecule has 5 nitrogen and oxygen atoms in total. The zero-order chi connectivity index (χ0) is 13.0. The lowest BCUT2D eigenvalue weighted by Gasteiger charge is -2.17. The molecule has 1 saturated carbocycles. The van der Waals surface area contributed by atoms with Gasteiger partial charge in [-0.3, -0.25) is 0 Å². The fourth-order valence-electron chi connectivity index (χ4n) is 2.42. The molecule has 1 fully saturated rings. The molecular formula is C12H18BrN3O2. The number of nitrogens with zero attached hydrogens (tertiary/aromatic N) is 2. The molecule has 1 aliphatic carbocycles. The minimum Gasteiger partial charge on any atom is -0.480 e. The Balaban J connectivity index is 1.93. The molecule has 0 spiro atoms. The Morgan fingerprint density at radius 2 is 2.28 bits per heavy atom. The second kappa shape index (κ2) is 6.33. The molecule has 1 aromatic heterocycles. The van der Waals surface area contributed by atoms with E-state index in [1.54, 1.807) is 13.3 Å². The molecule has 2 atom stereocenters. The van der Waals surface area contributed by atoms with Gasteiger partial charge in [0.05, 0.1) is 17.8 Å². The first kappa shape index (κ1) is 13.5. The number of halogens is 1. The molecule has 2 unspecified atom stereocenters. The second-order valence-corrected chi connectivity index (χ2v) is 5.42. The Morgan fingerprint density at radius 3 is 3.00 bits per heavy atom. The minimum atomic E-state index is 0.275. The van der Waals surface area contributed by atoms with Gasteiger partial charge in [-0.25, -0.2) is 4.98 Å². The number of aliphatic hydroxyl groups is 1. The van der Waals surface area contributed by atoms with Crippen molar-refractivity contribution in [3.63, 3.8) is 0 Å². The third-order valence-corrected chi connectivity index (χ3v) is 4.02. The summed E-state index contributed by atoms with van der Waals surface area (Å²) < 4.78 is 5.86. The van der Waals surface area contributed by atoms with Crippen LogP contribution in [0.25, 0.3) is 0 Å². The van der Waals surface area contributed by atoms with E-state index in [2.05, 4.69) is 31.2 Å². The van der Waals surface area contributed by atoms with Crippen molar-refractivity contribution in [3.05, 3.63) is 10.7 Å². The first-order chi connectivity index (χ1) is 8.74. The molecule has 0 saturated heterocycles. The van der Waals surface area contributed by atoms with Gasteiger partial charge in [0, 0.05) is 13.2 Å². The highest BCUT2D eigenvalue weighted by Crippen LogP contribution is 2.31. The smallest absolute Gasteiger partial charge is 0.232 e. The van der Waals surface area contributed by atoms with E-state index in [9.17, 15) is 5.11 Å². The second-order valence-electron chi connectivity index (χ2n) is 4.57. The summed E-state index contributed by atoms with van der Waals surface area (Å²) in [7, 11) is 1.58. The number of rotatable bonds is 5. The van der Waals surface area contributed by atoms with Crippen molar-refractivity contribution in [1.29, 1.82) is 0 Å². The molecule has 2 N–H and O–H groups in total. The summed E-state index contributed by atoms with van der Waals surface area (Å²) in [5.74, 6) is 2.01. The third-order valence-electron chi connectivity index (χ3n) is 3.48. The van der Waals surface area contributed by atoms with Gasteiger partial charge in [-0.2, -0.15) is 4.98 Å². The molecule has 0 aliphatic heterocycles. The zero-order valence-electron chi connectivity index (χ0n) is 10.4. The SMILES string of the molecule is COc1nc(NCC2CCCC2CO)ncc1Br. The van der Waals surface area contributed by atoms with Crippen molar-refractivity contribution in [2.24, 2.45) is 11.8 Å². The maximum atomic E-state index is 9.27. The maximum absolute atomic E-state index is 9.27. The van der Waals surface area contributed by atoms with Crippen LogP contribution in [-0.2, 0) is 0 Å². The van der Waals surface area contributed by atoms with Gasteiger partial charge in [0.15, 0.2) is 0 Å². The molecular weight excluding hydrogens is 298 g/mol. The van der Waals surface area contributed by atoms with Crippen molar-refractivity contribution in [2.75, 3.05) is 25.6 Å². The van der Waals surface area contributed by atoms with E-state index >= 15 is 0 Å². The highest BCUT2D eigenvalue weighted by molar-refractivity contribution is 9.10. The summed E-state index contributed by atoms with van der Waals surface area (Å²) in [5, 5.41) is 12.5. The average Bonchev–Trinajstić information content (AvgIpc) is 2.85. The quantitative estimate of drug-likeness (QED) is 0.870. The fourth-order valence-corrected chi connectivity index (χ4v) is 2.78. The summed E-state index contributed by atoms with van der Waals surface area (Å²) in [6.45, 7) is 1.08. The van der Waals surface area contributed by atoms with Crippen LogP contribution in [0.1, 0.15) is 19.3 Å². The van der Waals surface area contributed by atoms with Crippen LogP contribution in [0.15, 0.2) is 10.7 Å². The van der Waals surface area contributed by atoms with Gasteiger partial charge in [0.1, 0.15) is 0 Å². The van der Waals surface area contributed by atoms with Crippen LogP contribution in [0, 0.1) is 11.8 Å². The van der Waals surface area contributed by atoms with Crippen LogP contribution in [0.2, 0.25) is 0 Å². The van der Waals surface area contributed by atoms with Crippen LogP contribution in [-0.4, -0.2) is 35.3 Å². The van der Waals surface area contributed by atoms with Crippen LogP contribution in [0.5, 0.6) is 5.88 Å². The molecule has 0 bridgehead atoms. The molecule has 2 rings (SSSR count). The van der Waals surface area contributed by atoms with Crippen LogP contribution in [0.4, 0.5) is 5.95 Å². The van der Waals surface area contributed by atoms with Gasteiger partial charge < -0.3 is 15.2 Å². The van der Waals surface area contributed by atoms with Crippen LogP contribution < -0.4 is 10.1 Å². The monoisotopic (exact) mass is 315 g/mol. The van der Waals surface area contributed by atoms with E-state index in [4.69, 9.17) is 4.74 Å². The Labute approximate surface area is 115 Å². The normalized spacial score (nSPS) is 23.1. The Morgan fingerprint density at radius 1 is 1.50 bits per heavy atom. The van der Waals surface area contributed by atoms with Crippen molar-refractivity contribution in [1.82, 2.24) is 9.97 Å². The first-order valence-corrected chi connectivity index (χ1v) is 6.95. The Bertz CT molecular complexity index is 403. The summed E-state index contributed by atoms with van der Waals surface area (Å²) in [6.07, 6.45) is 5.15. The number of aromatic nitrogens is 2. The minimum absolute atomic E-state index is 0.275. The predicted octanol–water partition coefficient (Wildman–Crippen LogP) is 2.07. The highest BCUT2D eigenvalue weighted by atomic mass is 79.9. The number of hydrogen-bond acceptors (Lipinski definition) is 5. The van der Waals surface area contributed by atoms with E-state index in [0.29, 0.717) is 23.7 Å². The van der Waals surface area contributed by atoms with Gasteiger partial charge in [-0.05, 0) is 40.6 Å². The topological polar surface area (TPSA) is 67.3 Å². The van der Waals surface area contributed by atoms with Crippen LogP contribution >= 0.6 is 15.9 Å². The lowest BCUT2D eigenvalue weighted by Crippen LogP contribution is -2.21. The summed E-state index contributed by atoms with van der Waals surface area (Å²) in [4.78, 5) is 8.44. The van der Waals surface area contributed by atoms with Gasteiger partial charge in [0.2, 0.25) is 11.8 Å². The molecule has 1 heterocycles. The van der Waals surface area contributed by atoms with Crippen molar-refractivity contribution in [3.8, 4) is 5.88 Å². The van der Waals surface area contributed by atoms with E-state index in [1.807, 2.05) is 0 Å². The number of methoxy groups -OCH3 is 1. The van der Waals surface area contributed by atoms with Crippen molar-refractivity contribution in [2.45, 2.75) is 19.3 Å². The van der Waals surface area contributed by atoms with Crippen molar-refractivity contribution < 1.29 is 9.84 Å². The number of ether oxygens (including phenoxy) is 1. The van der Waals surface area contributed by atoms with E-state index in [0.717, 1.165) is 23.9 Å². The predicted molar refractivity (Wildman–Crippen MR) is 72.7 cm³/mol. The highest BCUT2D eigenvalue weighted by Gasteiger charge is 2.26. The first-order valence-electron chi connectivity index (χ1n) is 6.16. The molecule has 0 amide bonds. The lowest BCUT2D eigenvalue weighted by molar-refractivity contribution is 0.198. The average molecular weight is 316 g/mol. The van der Waals surface area contributed by atoms with E-state index < -0.39 is 0 Å². The lowest BCUT2D eigenvalue weighted by atomic mass is 9.97. The van der Waals surface area contributed by atoms with E-state index in [-0.39, 0.29) is 6.61 Å². The molecule has 18 heavy (non-hydrogen) atoms. The third kappa shape index (κ3) is 3.11. The number of hydrogen-bond donors (Lipinski definition) is 2. The molecule has 1 aromatic rings. The number of nitrogens with one attached hydrogen (secondary N) is 1. The van der Waals surface area contributed by atoms with Gasteiger partial charge in [-0.15, -0.1) is 0 Å². The summed E-state index contributed by atoms with van der Waals surface area (Å²) in [6, 6.07) is 0. The summed E-state index contributed by atoms with van der Waals surface area (Å²) in [5.41, 5.74) is 0. The molecule has 1 aliphatic rings. The largest absolute Gasteiger partial charge is 0.480 e. The Kier molecular flexibility index (Phi) is 4.77. The van der Waals surface area contributed by atoms with Crippen LogP contribution in [0.3, 0.4) is 0 Å². The standard InChI is InChI=1S/C12H18BrN3O2/c1-18-11-10(13)6-15-12(16-11)14-5-8-3-2-4-9(8)7-17/h6,8-9,17H,2-5,7H2,1H3,(H,14,15,16). The zero-order valence-corrected chi connectivity index (χ0v) is 12.0. The van der Waals surface area contributed by atoms with Gasteiger partial charge in [0.25, 0.3) is 0 Å². The van der Waals surface area contributed by atoms with Gasteiger partial charge in [-0.1, -0.05) is 6.42 Å². The summed E-state index contributed by atoms with van der Waals surface area (Å²) >= 11 is 3.32. The van der Waals surface area contributed by atoms with E-state index in [1.165, 1.54) is 6.42 Å². The fraction of sp³-hybridized carbons (Fsp3) is 0.667. The molecule has 6 heteroatoms. The maximum Gasteiger partial charge on any atom is 0.232 e. The number of aliphatic hydroxyl groups excluding tert-OH is 1. The molecule has 100 valence electrons. The molecule has 0 radical (unpaired) electrons. The molecule has 0 aromatic carbocycles.